The molecule has 2 amide bonds. The molecule has 1 aliphatic heterocycles. The van der Waals surface area contributed by atoms with Gasteiger partial charge in [-0.15, -0.1) is 0 Å². The van der Waals surface area contributed by atoms with Gasteiger partial charge in [-0.1, -0.05) is 30.7 Å². The summed E-state index contributed by atoms with van der Waals surface area (Å²) in [5, 5.41) is 0.449. The molecule has 0 aromatic heterocycles. The molecule has 1 fully saturated rings. The number of thioether (sulfide) groups is 1. The van der Waals surface area contributed by atoms with Gasteiger partial charge in [0.1, 0.15) is 0 Å². The minimum atomic E-state index is -0.209. The highest BCUT2D eigenvalue weighted by molar-refractivity contribution is 8.18. The Kier molecular flexibility index (Phi) is 4.32. The zero-order valence-electron chi connectivity index (χ0n) is 10.7. The van der Waals surface area contributed by atoms with Crippen molar-refractivity contribution in [2.45, 2.75) is 26.3 Å². The first-order chi connectivity index (χ1) is 9.02. The van der Waals surface area contributed by atoms with Crippen LogP contribution in [0.3, 0.4) is 0 Å². The van der Waals surface area contributed by atoms with E-state index in [4.69, 9.17) is 11.6 Å². The number of carbonyl (C=O) groups excluding carboxylic acids is 2. The largest absolute Gasteiger partial charge is 0.293 e. The summed E-state index contributed by atoms with van der Waals surface area (Å²) < 4.78 is 0. The third kappa shape index (κ3) is 3.01. The maximum atomic E-state index is 12.2. The van der Waals surface area contributed by atoms with Crippen molar-refractivity contribution in [3.05, 3.63) is 39.8 Å². The van der Waals surface area contributed by atoms with Crippen LogP contribution < -0.4 is 0 Å². The average Bonchev–Trinajstić information content (AvgIpc) is 2.66. The molecule has 0 saturated carbocycles. The number of halogens is 1. The highest BCUT2D eigenvalue weighted by atomic mass is 35.5. The summed E-state index contributed by atoms with van der Waals surface area (Å²) in [7, 11) is 0. The summed E-state index contributed by atoms with van der Waals surface area (Å²) in [6, 6.07) is 7.08. The molecule has 19 heavy (non-hydrogen) atoms. The molecule has 0 spiro atoms. The van der Waals surface area contributed by atoms with Gasteiger partial charge >= 0.3 is 0 Å². The highest BCUT2D eigenvalue weighted by Gasteiger charge is 2.37. The van der Waals surface area contributed by atoms with Gasteiger partial charge in [-0.25, -0.2) is 0 Å². The van der Waals surface area contributed by atoms with Crippen molar-refractivity contribution < 1.29 is 9.59 Å². The second-order valence-electron chi connectivity index (χ2n) is 4.36. The van der Waals surface area contributed by atoms with Crippen molar-refractivity contribution in [3.63, 3.8) is 0 Å². The van der Waals surface area contributed by atoms with Gasteiger partial charge in [0.15, 0.2) is 0 Å². The Bertz CT molecular complexity index is 539. The van der Waals surface area contributed by atoms with Gasteiger partial charge in [-0.3, -0.25) is 14.5 Å². The second-order valence-corrected chi connectivity index (χ2v) is 5.79. The quantitative estimate of drug-likeness (QED) is 0.785. The number of nitrogens with zero attached hydrogens (tertiary/aromatic N) is 1. The Hall–Kier alpha value is -1.26. The molecule has 1 heterocycles. The number of rotatable bonds is 3. The van der Waals surface area contributed by atoms with Crippen molar-refractivity contribution >= 4 is 40.6 Å². The molecule has 5 heteroatoms. The monoisotopic (exact) mass is 295 g/mol. The van der Waals surface area contributed by atoms with Gasteiger partial charge in [0, 0.05) is 11.1 Å². The van der Waals surface area contributed by atoms with Crippen LogP contribution in [0.1, 0.15) is 25.8 Å². The normalized spacial score (nSPS) is 19.3. The van der Waals surface area contributed by atoms with Crippen LogP contribution in [-0.4, -0.2) is 22.1 Å². The molecule has 0 bridgehead atoms. The number of hydrogen-bond donors (Lipinski definition) is 0. The van der Waals surface area contributed by atoms with E-state index in [1.54, 1.807) is 18.2 Å². The highest BCUT2D eigenvalue weighted by Crippen LogP contribution is 2.34. The van der Waals surface area contributed by atoms with Crippen LogP contribution in [0.15, 0.2) is 29.2 Å². The molecule has 0 radical (unpaired) electrons. The molecule has 100 valence electrons. The summed E-state index contributed by atoms with van der Waals surface area (Å²) in [5.41, 5.74) is 0.860. The molecular weight excluding hydrogens is 282 g/mol. The third-order valence-corrected chi connectivity index (χ3v) is 4.16. The number of hydrogen-bond acceptors (Lipinski definition) is 3. The van der Waals surface area contributed by atoms with Crippen molar-refractivity contribution in [3.8, 4) is 0 Å². The minimum absolute atomic E-state index is 0.0661. The van der Waals surface area contributed by atoms with E-state index in [2.05, 4.69) is 0 Å². The predicted molar refractivity (Wildman–Crippen MR) is 79.0 cm³/mol. The first kappa shape index (κ1) is 14.2. The fourth-order valence-corrected chi connectivity index (χ4v) is 2.81. The van der Waals surface area contributed by atoms with Crippen LogP contribution in [0.5, 0.6) is 0 Å². The topological polar surface area (TPSA) is 37.4 Å². The SMILES string of the molecule is CC[C@@H](C)N1C(=O)S/C(=C\c2ccc(Cl)cc2)C1=O. The Balaban J connectivity index is 2.25. The average molecular weight is 296 g/mol. The van der Waals surface area contributed by atoms with Crippen LogP contribution >= 0.6 is 23.4 Å². The number of carbonyl (C=O) groups is 2. The second kappa shape index (κ2) is 5.80. The molecule has 1 aliphatic rings. The predicted octanol–water partition coefficient (Wildman–Crippen LogP) is 4.17. The fraction of sp³-hybridized carbons (Fsp3) is 0.286. The Morgan fingerprint density at radius 2 is 1.95 bits per heavy atom. The Morgan fingerprint density at radius 1 is 1.32 bits per heavy atom. The number of imide groups is 1. The van der Waals surface area contributed by atoms with Gasteiger partial charge in [0.25, 0.3) is 11.1 Å². The zero-order chi connectivity index (χ0) is 14.0. The van der Waals surface area contributed by atoms with Crippen LogP contribution in [-0.2, 0) is 4.79 Å². The van der Waals surface area contributed by atoms with Crippen LogP contribution in [0.2, 0.25) is 5.02 Å². The Morgan fingerprint density at radius 3 is 2.53 bits per heavy atom. The van der Waals surface area contributed by atoms with Gasteiger partial charge in [-0.05, 0) is 48.9 Å². The summed E-state index contributed by atoms with van der Waals surface area (Å²) in [6.07, 6.45) is 2.48. The maximum Gasteiger partial charge on any atom is 0.293 e. The first-order valence-electron chi connectivity index (χ1n) is 6.05. The molecule has 3 nitrogen and oxygen atoms in total. The van der Waals surface area contributed by atoms with Gasteiger partial charge in [0.2, 0.25) is 0 Å². The fourth-order valence-electron chi connectivity index (χ4n) is 1.75. The molecular formula is C14H14ClNO2S. The van der Waals surface area contributed by atoms with E-state index in [1.165, 1.54) is 4.90 Å². The van der Waals surface area contributed by atoms with Gasteiger partial charge in [0.05, 0.1) is 4.91 Å². The lowest BCUT2D eigenvalue weighted by Crippen LogP contribution is -2.36. The van der Waals surface area contributed by atoms with E-state index < -0.39 is 0 Å². The summed E-state index contributed by atoms with van der Waals surface area (Å²) in [4.78, 5) is 25.8. The smallest absolute Gasteiger partial charge is 0.268 e. The standard InChI is InChI=1S/C14H14ClNO2S/c1-3-9(2)16-13(17)12(19-14(16)18)8-10-4-6-11(15)7-5-10/h4-9H,3H2,1-2H3/b12-8-/t9-/m1/s1. The summed E-state index contributed by atoms with van der Waals surface area (Å²) in [6.45, 7) is 3.83. The lowest BCUT2D eigenvalue weighted by Gasteiger charge is -2.19. The van der Waals surface area contributed by atoms with E-state index in [-0.39, 0.29) is 17.2 Å². The molecule has 0 unspecified atom stereocenters. The minimum Gasteiger partial charge on any atom is -0.268 e. The van der Waals surface area contributed by atoms with Crippen molar-refractivity contribution in [1.82, 2.24) is 4.90 Å². The lowest BCUT2D eigenvalue weighted by atomic mass is 10.2. The number of benzene rings is 1. The molecule has 1 aromatic carbocycles. The molecule has 0 N–H and O–H groups in total. The summed E-state index contributed by atoms with van der Waals surface area (Å²) in [5.74, 6) is -0.209. The molecule has 1 atom stereocenters. The van der Waals surface area contributed by atoms with Crippen LogP contribution in [0, 0.1) is 0 Å². The van der Waals surface area contributed by atoms with E-state index in [1.807, 2.05) is 26.0 Å². The lowest BCUT2D eigenvalue weighted by molar-refractivity contribution is -0.124. The van der Waals surface area contributed by atoms with Crippen molar-refractivity contribution in [1.29, 1.82) is 0 Å². The van der Waals surface area contributed by atoms with E-state index in [9.17, 15) is 9.59 Å². The maximum absolute atomic E-state index is 12.2. The molecule has 1 aromatic rings. The van der Waals surface area contributed by atoms with Gasteiger partial charge < -0.3 is 0 Å². The Labute approximate surface area is 121 Å². The van der Waals surface area contributed by atoms with E-state index >= 15 is 0 Å². The third-order valence-electron chi connectivity index (χ3n) is 3.02. The zero-order valence-corrected chi connectivity index (χ0v) is 12.3. The van der Waals surface area contributed by atoms with Crippen LogP contribution in [0.25, 0.3) is 6.08 Å². The summed E-state index contributed by atoms with van der Waals surface area (Å²) >= 11 is 6.80. The van der Waals surface area contributed by atoms with Crippen LogP contribution in [0.4, 0.5) is 4.79 Å². The van der Waals surface area contributed by atoms with Crippen molar-refractivity contribution in [2.24, 2.45) is 0 Å². The van der Waals surface area contributed by atoms with E-state index in [0.29, 0.717) is 9.93 Å². The molecule has 1 saturated heterocycles. The van der Waals surface area contributed by atoms with E-state index in [0.717, 1.165) is 23.7 Å². The number of amides is 2. The first-order valence-corrected chi connectivity index (χ1v) is 7.25. The molecule has 2 rings (SSSR count). The molecule has 0 aliphatic carbocycles. The van der Waals surface area contributed by atoms with Crippen molar-refractivity contribution in [2.75, 3.05) is 0 Å². The van der Waals surface area contributed by atoms with Gasteiger partial charge in [-0.2, -0.15) is 0 Å².